The molecule has 0 radical (unpaired) electrons. The van der Waals surface area contributed by atoms with Crippen molar-refractivity contribution >= 4 is 21.6 Å². The highest BCUT2D eigenvalue weighted by Gasteiger charge is 2.54. The quantitative estimate of drug-likeness (QED) is 0.737. The van der Waals surface area contributed by atoms with E-state index in [0.717, 1.165) is 23.6 Å². The molecule has 2 fully saturated rings. The van der Waals surface area contributed by atoms with E-state index in [0.29, 0.717) is 0 Å². The monoisotopic (exact) mass is 304 g/mol. The molecule has 1 aliphatic carbocycles. The molecule has 0 amide bonds. The number of hydrogen-bond acceptors (Lipinski definition) is 1. The summed E-state index contributed by atoms with van der Waals surface area (Å²) in [5, 5.41) is 1.64. The van der Waals surface area contributed by atoms with Crippen LogP contribution in [0, 0.1) is 5.92 Å². The van der Waals surface area contributed by atoms with Gasteiger partial charge >= 0.3 is 0 Å². The molecule has 110 valence electrons. The zero-order valence-corrected chi connectivity index (χ0v) is 15.4. The number of fused-ring (bicyclic) bond motifs is 1. The summed E-state index contributed by atoms with van der Waals surface area (Å²) in [6.45, 7) is 11.2. The fourth-order valence-corrected chi connectivity index (χ4v) is 14.2. The summed E-state index contributed by atoms with van der Waals surface area (Å²) in [5.74, 6) is 0.867. The van der Waals surface area contributed by atoms with Crippen molar-refractivity contribution in [3.8, 4) is 0 Å². The Morgan fingerprint density at radius 2 is 1.80 bits per heavy atom. The van der Waals surface area contributed by atoms with Gasteiger partial charge < -0.3 is 4.43 Å². The van der Waals surface area contributed by atoms with Gasteiger partial charge in [-0.05, 0) is 36.5 Å². The van der Waals surface area contributed by atoms with E-state index in [2.05, 4.69) is 56.5 Å². The van der Waals surface area contributed by atoms with Crippen LogP contribution in [-0.4, -0.2) is 23.0 Å². The van der Waals surface area contributed by atoms with E-state index in [1.165, 1.54) is 19.3 Å². The molecule has 0 spiro atoms. The Balaban J connectivity index is 1.95. The molecule has 20 heavy (non-hydrogen) atoms. The van der Waals surface area contributed by atoms with Crippen LogP contribution in [0.2, 0.25) is 37.3 Å². The van der Waals surface area contributed by atoms with Crippen LogP contribution in [-0.2, 0) is 4.43 Å². The molecule has 0 aromatic heterocycles. The predicted molar refractivity (Wildman–Crippen MR) is 91.8 cm³/mol. The number of benzene rings is 1. The Morgan fingerprint density at radius 3 is 2.50 bits per heavy atom. The maximum absolute atomic E-state index is 6.31. The van der Waals surface area contributed by atoms with Crippen LogP contribution in [0.25, 0.3) is 0 Å². The van der Waals surface area contributed by atoms with E-state index < -0.39 is 16.4 Å². The highest BCUT2D eigenvalue weighted by molar-refractivity contribution is 6.92. The van der Waals surface area contributed by atoms with E-state index in [1.54, 1.807) is 5.19 Å². The lowest BCUT2D eigenvalue weighted by molar-refractivity contribution is 0.272. The molecule has 3 atom stereocenters. The molecule has 0 N–H and O–H groups in total. The lowest BCUT2D eigenvalue weighted by atomic mass is 9.89. The summed E-state index contributed by atoms with van der Waals surface area (Å²) in [4.78, 5) is 0. The minimum atomic E-state index is -1.47. The highest BCUT2D eigenvalue weighted by atomic mass is 28.4. The third-order valence-electron chi connectivity index (χ3n) is 5.95. The van der Waals surface area contributed by atoms with Crippen molar-refractivity contribution in [2.24, 2.45) is 5.92 Å². The topological polar surface area (TPSA) is 9.23 Å². The summed E-state index contributed by atoms with van der Waals surface area (Å²) in [6, 6.07) is 11.3. The summed E-state index contributed by atoms with van der Waals surface area (Å²) in [7, 11) is -2.87. The van der Waals surface area contributed by atoms with Gasteiger partial charge in [0, 0.05) is 6.61 Å². The Bertz CT molecular complexity index is 469. The minimum Gasteiger partial charge on any atom is -0.417 e. The average molecular weight is 305 g/mol. The first kappa shape index (κ1) is 14.5. The Hall–Kier alpha value is -0.386. The van der Waals surface area contributed by atoms with Crippen LogP contribution in [0.15, 0.2) is 30.3 Å². The molecule has 1 nitrogen and oxygen atoms in total. The maximum atomic E-state index is 6.31. The standard InChI is InChI=1S/C17H28OSi2/c1-19(2,15-10-6-5-7-11-15)16-12-8-9-14-13-18-20(3,4)17(14)16/h5-7,10-11,14,16-17H,8-9,12-13H2,1-4H3/t14-,16-,17+/m0/s1. The average Bonchev–Trinajstić information content (AvgIpc) is 2.76. The Kier molecular flexibility index (Phi) is 3.72. The van der Waals surface area contributed by atoms with Gasteiger partial charge in [-0.1, -0.05) is 61.5 Å². The fraction of sp³-hybridized carbons (Fsp3) is 0.647. The van der Waals surface area contributed by atoms with Gasteiger partial charge in [0.1, 0.15) is 0 Å². The second kappa shape index (κ2) is 5.11. The molecular formula is C17H28OSi2. The molecule has 1 saturated carbocycles. The smallest absolute Gasteiger partial charge is 0.190 e. The highest BCUT2D eigenvalue weighted by Crippen LogP contribution is 2.56. The molecule has 3 heteroatoms. The summed E-state index contributed by atoms with van der Waals surface area (Å²) in [6.07, 6.45) is 4.27. The van der Waals surface area contributed by atoms with Crippen LogP contribution < -0.4 is 5.19 Å². The zero-order valence-electron chi connectivity index (χ0n) is 13.4. The fourth-order valence-electron chi connectivity index (χ4n) is 4.84. The van der Waals surface area contributed by atoms with Gasteiger partial charge in [0.05, 0.1) is 8.07 Å². The third kappa shape index (κ3) is 2.34. The zero-order chi connectivity index (χ0) is 14.4. The van der Waals surface area contributed by atoms with Gasteiger partial charge in [0.2, 0.25) is 0 Å². The molecule has 1 aromatic carbocycles. The van der Waals surface area contributed by atoms with E-state index in [-0.39, 0.29) is 0 Å². The van der Waals surface area contributed by atoms with Crippen LogP contribution in [0.1, 0.15) is 19.3 Å². The van der Waals surface area contributed by atoms with Gasteiger partial charge in [-0.3, -0.25) is 0 Å². The van der Waals surface area contributed by atoms with E-state index >= 15 is 0 Å². The van der Waals surface area contributed by atoms with Crippen LogP contribution in [0.4, 0.5) is 0 Å². The molecule has 0 bridgehead atoms. The van der Waals surface area contributed by atoms with Crippen molar-refractivity contribution in [3.63, 3.8) is 0 Å². The van der Waals surface area contributed by atoms with E-state index in [1.807, 2.05) is 0 Å². The molecule has 1 heterocycles. The third-order valence-corrected chi connectivity index (χ3v) is 14.0. The molecule has 1 aliphatic heterocycles. The molecule has 1 saturated heterocycles. The summed E-state index contributed by atoms with van der Waals surface area (Å²) < 4.78 is 6.31. The van der Waals surface area contributed by atoms with Crippen molar-refractivity contribution in [2.75, 3.05) is 6.61 Å². The molecule has 3 rings (SSSR count). The summed E-state index contributed by atoms with van der Waals surface area (Å²) in [5.41, 5.74) is 1.82. The summed E-state index contributed by atoms with van der Waals surface area (Å²) >= 11 is 0. The van der Waals surface area contributed by atoms with Crippen molar-refractivity contribution in [2.45, 2.75) is 56.5 Å². The van der Waals surface area contributed by atoms with Gasteiger partial charge in [-0.25, -0.2) is 0 Å². The first-order chi connectivity index (χ1) is 9.43. The van der Waals surface area contributed by atoms with Crippen molar-refractivity contribution in [1.29, 1.82) is 0 Å². The Labute approximate surface area is 125 Å². The lowest BCUT2D eigenvalue weighted by Crippen LogP contribution is -2.52. The van der Waals surface area contributed by atoms with Gasteiger partial charge in [0.15, 0.2) is 8.32 Å². The maximum Gasteiger partial charge on any atom is 0.190 e. The van der Waals surface area contributed by atoms with Gasteiger partial charge in [-0.15, -0.1) is 0 Å². The van der Waals surface area contributed by atoms with E-state index in [4.69, 9.17) is 4.43 Å². The van der Waals surface area contributed by atoms with Gasteiger partial charge in [0.25, 0.3) is 0 Å². The van der Waals surface area contributed by atoms with Crippen molar-refractivity contribution < 1.29 is 4.43 Å². The first-order valence-electron chi connectivity index (χ1n) is 8.12. The first-order valence-corrected chi connectivity index (χ1v) is 14.2. The Morgan fingerprint density at radius 1 is 1.10 bits per heavy atom. The molecule has 2 aliphatic rings. The minimum absolute atomic E-state index is 0.867. The number of hydrogen-bond donors (Lipinski definition) is 0. The number of rotatable bonds is 2. The normalized spacial score (nSPS) is 32.9. The second-order valence-electron chi connectivity index (χ2n) is 7.83. The SMILES string of the molecule is C[Si]1(C)OC[C@@H]2CCC[C@H]([Si](C)(C)c3ccccc3)[C@@H]21. The lowest BCUT2D eigenvalue weighted by Gasteiger charge is -2.45. The molecule has 1 aromatic rings. The largest absolute Gasteiger partial charge is 0.417 e. The van der Waals surface area contributed by atoms with Crippen molar-refractivity contribution in [1.82, 2.24) is 0 Å². The van der Waals surface area contributed by atoms with Gasteiger partial charge in [-0.2, -0.15) is 0 Å². The van der Waals surface area contributed by atoms with E-state index in [9.17, 15) is 0 Å². The van der Waals surface area contributed by atoms with Crippen LogP contribution in [0.5, 0.6) is 0 Å². The van der Waals surface area contributed by atoms with Crippen LogP contribution >= 0.6 is 0 Å². The molecular weight excluding hydrogens is 276 g/mol. The van der Waals surface area contributed by atoms with Crippen LogP contribution in [0.3, 0.4) is 0 Å². The second-order valence-corrected chi connectivity index (χ2v) is 16.7. The van der Waals surface area contributed by atoms with Crippen molar-refractivity contribution in [3.05, 3.63) is 30.3 Å². The molecule has 0 unspecified atom stereocenters. The predicted octanol–water partition coefficient (Wildman–Crippen LogP) is 4.38.